The molecule has 0 saturated carbocycles. The predicted molar refractivity (Wildman–Crippen MR) is 80.1 cm³/mol. The lowest BCUT2D eigenvalue weighted by atomic mass is 10.1. The second kappa shape index (κ2) is 5.69. The van der Waals surface area contributed by atoms with E-state index in [1.54, 1.807) is 20.3 Å². The third-order valence-electron chi connectivity index (χ3n) is 3.17. The first kappa shape index (κ1) is 14.0. The van der Waals surface area contributed by atoms with Gasteiger partial charge in [-0.15, -0.1) is 6.58 Å². The number of aryl methyl sites for hydroxylation is 1. The van der Waals surface area contributed by atoms with Crippen LogP contribution in [0.3, 0.4) is 0 Å². The molecular weight excluding hydrogens is 254 g/mol. The Morgan fingerprint density at radius 3 is 2.70 bits per heavy atom. The Hall–Kier alpha value is -2.43. The molecule has 0 aliphatic heterocycles. The zero-order chi connectivity index (χ0) is 14.7. The molecule has 2 aromatic rings. The van der Waals surface area contributed by atoms with Gasteiger partial charge in [0.2, 0.25) is 0 Å². The molecule has 0 bridgehead atoms. The second-order valence-electron chi connectivity index (χ2n) is 4.36. The molecule has 0 atom stereocenters. The lowest BCUT2D eigenvalue weighted by molar-refractivity contribution is 0.404. The van der Waals surface area contributed by atoms with Crippen LogP contribution in [-0.4, -0.2) is 23.8 Å². The Morgan fingerprint density at radius 1 is 1.35 bits per heavy atom. The van der Waals surface area contributed by atoms with Crippen molar-refractivity contribution in [1.82, 2.24) is 9.55 Å². The van der Waals surface area contributed by atoms with E-state index in [4.69, 9.17) is 15.2 Å². The summed E-state index contributed by atoms with van der Waals surface area (Å²) in [6, 6.07) is 5.55. The normalized spacial score (nSPS) is 10.3. The van der Waals surface area contributed by atoms with Crippen molar-refractivity contribution < 1.29 is 9.47 Å². The van der Waals surface area contributed by atoms with Gasteiger partial charge in [0.15, 0.2) is 0 Å². The van der Waals surface area contributed by atoms with Crippen molar-refractivity contribution in [1.29, 1.82) is 0 Å². The number of nitrogens with zero attached hydrogens (tertiary/aromatic N) is 2. The molecule has 5 nitrogen and oxygen atoms in total. The Labute approximate surface area is 118 Å². The van der Waals surface area contributed by atoms with Crippen LogP contribution in [0.1, 0.15) is 5.82 Å². The van der Waals surface area contributed by atoms with Crippen LogP contribution < -0.4 is 15.2 Å². The van der Waals surface area contributed by atoms with E-state index < -0.39 is 0 Å². The van der Waals surface area contributed by atoms with E-state index >= 15 is 0 Å². The molecule has 0 radical (unpaired) electrons. The molecule has 106 valence electrons. The average molecular weight is 273 g/mol. The summed E-state index contributed by atoms with van der Waals surface area (Å²) in [5, 5.41) is 0. The highest BCUT2D eigenvalue weighted by molar-refractivity contribution is 5.77. The van der Waals surface area contributed by atoms with Gasteiger partial charge in [-0.05, 0) is 25.1 Å². The van der Waals surface area contributed by atoms with E-state index in [1.165, 1.54) is 0 Å². The summed E-state index contributed by atoms with van der Waals surface area (Å²) in [5.74, 6) is 2.87. The average Bonchev–Trinajstić information content (AvgIpc) is 2.75. The number of nitrogens with two attached hydrogens (primary N) is 1. The van der Waals surface area contributed by atoms with Crippen LogP contribution in [0.15, 0.2) is 30.9 Å². The van der Waals surface area contributed by atoms with Crippen LogP contribution >= 0.6 is 0 Å². The number of hydrogen-bond acceptors (Lipinski definition) is 4. The van der Waals surface area contributed by atoms with Crippen molar-refractivity contribution in [3.05, 3.63) is 36.7 Å². The minimum absolute atomic E-state index is 0.592. The van der Waals surface area contributed by atoms with Crippen molar-refractivity contribution in [2.24, 2.45) is 0 Å². The fourth-order valence-corrected chi connectivity index (χ4v) is 2.14. The number of imidazole rings is 1. The first-order valence-corrected chi connectivity index (χ1v) is 6.28. The number of nitrogen functional groups attached to an aromatic ring is 1. The highest BCUT2D eigenvalue weighted by Crippen LogP contribution is 2.36. The summed E-state index contributed by atoms with van der Waals surface area (Å²) in [6.07, 6.45) is 1.79. The van der Waals surface area contributed by atoms with E-state index in [2.05, 4.69) is 11.6 Å². The maximum atomic E-state index is 6.19. The minimum Gasteiger partial charge on any atom is -0.497 e. The van der Waals surface area contributed by atoms with E-state index in [1.807, 2.05) is 29.7 Å². The third kappa shape index (κ3) is 2.34. The highest BCUT2D eigenvalue weighted by atomic mass is 16.5. The minimum atomic E-state index is 0.592. The third-order valence-corrected chi connectivity index (χ3v) is 3.17. The molecule has 1 heterocycles. The molecule has 0 spiro atoms. The van der Waals surface area contributed by atoms with Gasteiger partial charge in [-0.3, -0.25) is 0 Å². The summed E-state index contributed by atoms with van der Waals surface area (Å²) in [4.78, 5) is 4.54. The molecule has 1 aromatic heterocycles. The Kier molecular flexibility index (Phi) is 3.98. The number of aromatic nitrogens is 2. The van der Waals surface area contributed by atoms with E-state index in [9.17, 15) is 0 Å². The number of hydrogen-bond donors (Lipinski definition) is 1. The molecule has 5 heteroatoms. The van der Waals surface area contributed by atoms with Crippen LogP contribution in [0.5, 0.6) is 11.5 Å². The molecule has 0 unspecified atom stereocenters. The molecule has 0 amide bonds. The summed E-state index contributed by atoms with van der Waals surface area (Å²) < 4.78 is 12.5. The predicted octanol–water partition coefficient (Wildman–Crippen LogP) is 2.64. The summed E-state index contributed by atoms with van der Waals surface area (Å²) in [6.45, 7) is 6.27. The summed E-state index contributed by atoms with van der Waals surface area (Å²) in [5.41, 5.74) is 7.70. The van der Waals surface area contributed by atoms with Crippen LogP contribution in [0.2, 0.25) is 0 Å². The van der Waals surface area contributed by atoms with E-state index in [0.29, 0.717) is 23.8 Å². The van der Waals surface area contributed by atoms with Crippen molar-refractivity contribution in [2.45, 2.75) is 13.5 Å². The van der Waals surface area contributed by atoms with Crippen molar-refractivity contribution in [3.63, 3.8) is 0 Å². The molecule has 20 heavy (non-hydrogen) atoms. The standard InChI is InChI=1S/C15H19N3O2/c1-5-8-18-10(2)17-14(15(18)16)12-9-11(19-3)6-7-13(12)20-4/h5-7,9H,1,8,16H2,2-4H3. The van der Waals surface area contributed by atoms with Gasteiger partial charge in [0.25, 0.3) is 0 Å². The molecular formula is C15H19N3O2. The topological polar surface area (TPSA) is 62.3 Å². The highest BCUT2D eigenvalue weighted by Gasteiger charge is 2.17. The smallest absolute Gasteiger partial charge is 0.132 e. The van der Waals surface area contributed by atoms with Crippen LogP contribution in [0, 0.1) is 6.92 Å². The first-order valence-electron chi connectivity index (χ1n) is 6.28. The van der Waals surface area contributed by atoms with Gasteiger partial charge >= 0.3 is 0 Å². The zero-order valence-corrected chi connectivity index (χ0v) is 12.0. The zero-order valence-electron chi connectivity index (χ0n) is 12.0. The van der Waals surface area contributed by atoms with Gasteiger partial charge in [-0.2, -0.15) is 0 Å². The molecule has 0 saturated heterocycles. The Bertz CT molecular complexity index is 632. The largest absolute Gasteiger partial charge is 0.497 e. The number of ether oxygens (including phenoxy) is 2. The van der Waals surface area contributed by atoms with Gasteiger partial charge in [0, 0.05) is 12.1 Å². The van der Waals surface area contributed by atoms with E-state index in [-0.39, 0.29) is 0 Å². The fraction of sp³-hybridized carbons (Fsp3) is 0.267. The quantitative estimate of drug-likeness (QED) is 0.851. The number of rotatable bonds is 5. The molecule has 2 rings (SSSR count). The molecule has 0 fully saturated rings. The number of allylic oxidation sites excluding steroid dienone is 1. The summed E-state index contributed by atoms with van der Waals surface area (Å²) >= 11 is 0. The van der Waals surface area contributed by atoms with Crippen molar-refractivity contribution >= 4 is 5.82 Å². The summed E-state index contributed by atoms with van der Waals surface area (Å²) in [7, 11) is 3.24. The maximum Gasteiger partial charge on any atom is 0.132 e. The first-order chi connectivity index (χ1) is 9.62. The molecule has 0 aliphatic carbocycles. The maximum absolute atomic E-state index is 6.19. The van der Waals surface area contributed by atoms with Gasteiger partial charge in [-0.1, -0.05) is 6.08 Å². The van der Waals surface area contributed by atoms with Gasteiger partial charge in [-0.25, -0.2) is 4.98 Å². The second-order valence-corrected chi connectivity index (χ2v) is 4.36. The Balaban J connectivity index is 2.61. The van der Waals surface area contributed by atoms with Gasteiger partial charge < -0.3 is 19.8 Å². The SMILES string of the molecule is C=CCn1c(C)nc(-c2cc(OC)ccc2OC)c1N. The van der Waals surface area contributed by atoms with Gasteiger partial charge in [0.05, 0.1) is 14.2 Å². The lowest BCUT2D eigenvalue weighted by Gasteiger charge is -2.10. The van der Waals surface area contributed by atoms with Gasteiger partial charge in [0.1, 0.15) is 28.8 Å². The number of benzene rings is 1. The van der Waals surface area contributed by atoms with Crippen molar-refractivity contribution in [2.75, 3.05) is 20.0 Å². The van der Waals surface area contributed by atoms with Crippen LogP contribution in [0.4, 0.5) is 5.82 Å². The van der Waals surface area contributed by atoms with Crippen LogP contribution in [-0.2, 0) is 6.54 Å². The molecule has 2 N–H and O–H groups in total. The monoisotopic (exact) mass is 273 g/mol. The fourth-order valence-electron chi connectivity index (χ4n) is 2.14. The van der Waals surface area contributed by atoms with Crippen LogP contribution in [0.25, 0.3) is 11.3 Å². The Morgan fingerprint density at radius 2 is 2.10 bits per heavy atom. The van der Waals surface area contributed by atoms with Crippen molar-refractivity contribution in [3.8, 4) is 22.8 Å². The molecule has 0 aliphatic rings. The van der Waals surface area contributed by atoms with E-state index in [0.717, 1.165) is 17.1 Å². The molecule has 1 aromatic carbocycles. The lowest BCUT2D eigenvalue weighted by Crippen LogP contribution is -2.03. The number of anilines is 1. The number of methoxy groups -OCH3 is 2.